The van der Waals surface area contributed by atoms with Crippen LogP contribution >= 0.6 is 11.6 Å². The Morgan fingerprint density at radius 3 is 2.56 bits per heavy atom. The number of pyridine rings is 2. The van der Waals surface area contributed by atoms with E-state index in [-0.39, 0.29) is 11.4 Å². The first-order chi connectivity index (χ1) is 16.4. The van der Waals surface area contributed by atoms with Gasteiger partial charge in [0.2, 0.25) is 0 Å². The van der Waals surface area contributed by atoms with Crippen LogP contribution in [0.25, 0.3) is 5.69 Å². The summed E-state index contributed by atoms with van der Waals surface area (Å²) in [6.07, 6.45) is 3.05. The molecule has 9 nitrogen and oxygen atoms in total. The van der Waals surface area contributed by atoms with E-state index in [2.05, 4.69) is 20.6 Å². The molecule has 0 spiro atoms. The van der Waals surface area contributed by atoms with Crippen molar-refractivity contribution in [1.29, 1.82) is 0 Å². The van der Waals surface area contributed by atoms with Gasteiger partial charge in [-0.05, 0) is 38.1 Å². The highest BCUT2D eigenvalue weighted by Crippen LogP contribution is 2.33. The molecule has 0 atom stereocenters. The molecule has 174 valence electrons. The van der Waals surface area contributed by atoms with Gasteiger partial charge in [0.05, 0.1) is 17.6 Å². The van der Waals surface area contributed by atoms with Crippen molar-refractivity contribution in [3.8, 4) is 17.2 Å². The van der Waals surface area contributed by atoms with Crippen LogP contribution < -0.4 is 20.9 Å². The van der Waals surface area contributed by atoms with E-state index in [4.69, 9.17) is 16.3 Å². The first-order valence-corrected chi connectivity index (χ1v) is 11.0. The van der Waals surface area contributed by atoms with Gasteiger partial charge in [-0.15, -0.1) is 0 Å². The second-order valence-corrected chi connectivity index (χ2v) is 7.75. The number of rotatable bonds is 7. The molecule has 1 aromatic carbocycles. The van der Waals surface area contributed by atoms with Crippen molar-refractivity contribution < 1.29 is 9.53 Å². The fraction of sp³-hybridized carbons (Fsp3) is 0.167. The fourth-order valence-corrected chi connectivity index (χ4v) is 3.66. The molecule has 0 aliphatic heterocycles. The molecule has 0 aliphatic rings. The maximum atomic E-state index is 13.0. The zero-order chi connectivity index (χ0) is 24.2. The highest BCUT2D eigenvalue weighted by molar-refractivity contribution is 6.34. The number of hydrogen-bond donors (Lipinski definition) is 2. The van der Waals surface area contributed by atoms with E-state index < -0.39 is 11.5 Å². The third-order valence-electron chi connectivity index (χ3n) is 5.19. The predicted octanol–water partition coefficient (Wildman–Crippen LogP) is 4.40. The molecule has 0 fully saturated rings. The van der Waals surface area contributed by atoms with Crippen molar-refractivity contribution in [2.75, 3.05) is 17.2 Å². The number of halogens is 1. The summed E-state index contributed by atoms with van der Waals surface area (Å²) in [5.74, 6) is 1.11. The number of aromatic nitrogens is 4. The van der Waals surface area contributed by atoms with Gasteiger partial charge in [0.1, 0.15) is 28.0 Å². The number of carbonyl (C=O) groups is 1. The number of carbonyl (C=O) groups excluding carboxylic acids is 1. The second kappa shape index (κ2) is 9.80. The third-order valence-corrected chi connectivity index (χ3v) is 5.55. The van der Waals surface area contributed by atoms with Crippen molar-refractivity contribution in [2.24, 2.45) is 7.05 Å². The minimum atomic E-state index is -0.540. The van der Waals surface area contributed by atoms with Gasteiger partial charge in [-0.1, -0.05) is 29.8 Å². The number of ether oxygens (including phenoxy) is 1. The molecule has 34 heavy (non-hydrogen) atoms. The SMILES string of the molecule is CCNc1nccc(Oc2ccc(NC(=O)c3c(C)n(C)n(-c4ccccc4)c3=O)nc2)c1Cl. The lowest BCUT2D eigenvalue weighted by molar-refractivity contribution is 0.102. The largest absolute Gasteiger partial charge is 0.454 e. The van der Waals surface area contributed by atoms with Crippen LogP contribution in [0.1, 0.15) is 23.0 Å². The molecule has 0 saturated heterocycles. The van der Waals surface area contributed by atoms with E-state index >= 15 is 0 Å². The molecule has 3 heterocycles. The maximum Gasteiger partial charge on any atom is 0.284 e. The Kier molecular flexibility index (Phi) is 6.65. The Morgan fingerprint density at radius 1 is 1.12 bits per heavy atom. The Bertz CT molecular complexity index is 1380. The maximum absolute atomic E-state index is 13.0. The van der Waals surface area contributed by atoms with E-state index in [9.17, 15) is 9.59 Å². The fourth-order valence-electron chi connectivity index (χ4n) is 3.45. The molecular formula is C24H23ClN6O3. The van der Waals surface area contributed by atoms with E-state index in [1.165, 1.54) is 10.9 Å². The van der Waals surface area contributed by atoms with Crippen LogP contribution in [0.5, 0.6) is 11.5 Å². The lowest BCUT2D eigenvalue weighted by atomic mass is 10.2. The number of amides is 1. The summed E-state index contributed by atoms with van der Waals surface area (Å²) in [4.78, 5) is 34.4. The summed E-state index contributed by atoms with van der Waals surface area (Å²) in [5.41, 5.74) is 0.847. The van der Waals surface area contributed by atoms with Gasteiger partial charge in [0.25, 0.3) is 11.5 Å². The summed E-state index contributed by atoms with van der Waals surface area (Å²) in [6, 6.07) is 14.0. The van der Waals surface area contributed by atoms with E-state index in [1.54, 1.807) is 55.2 Å². The first-order valence-electron chi connectivity index (χ1n) is 10.6. The van der Waals surface area contributed by atoms with Crippen molar-refractivity contribution in [2.45, 2.75) is 13.8 Å². The van der Waals surface area contributed by atoms with Gasteiger partial charge in [-0.2, -0.15) is 0 Å². The zero-order valence-electron chi connectivity index (χ0n) is 18.9. The average Bonchev–Trinajstić information content (AvgIpc) is 3.06. The summed E-state index contributed by atoms with van der Waals surface area (Å²) < 4.78 is 8.91. The normalized spacial score (nSPS) is 10.7. The second-order valence-electron chi connectivity index (χ2n) is 7.37. The highest BCUT2D eigenvalue weighted by atomic mass is 35.5. The van der Waals surface area contributed by atoms with E-state index in [0.717, 1.165) is 0 Å². The van der Waals surface area contributed by atoms with Crippen molar-refractivity contribution >= 4 is 29.1 Å². The molecule has 10 heteroatoms. The lowest BCUT2D eigenvalue weighted by Gasteiger charge is -2.11. The Labute approximate surface area is 201 Å². The Morgan fingerprint density at radius 2 is 1.88 bits per heavy atom. The minimum absolute atomic E-state index is 0.0491. The van der Waals surface area contributed by atoms with Gasteiger partial charge in [0.15, 0.2) is 5.75 Å². The van der Waals surface area contributed by atoms with Gasteiger partial charge in [-0.25, -0.2) is 14.6 Å². The average molecular weight is 479 g/mol. The number of benzene rings is 1. The lowest BCUT2D eigenvalue weighted by Crippen LogP contribution is -2.25. The van der Waals surface area contributed by atoms with E-state index in [0.29, 0.717) is 40.3 Å². The summed E-state index contributed by atoms with van der Waals surface area (Å²) in [5, 5.41) is 6.10. The standard InChI is InChI=1S/C24H23ClN6O3/c1-4-26-22-21(25)18(12-13-27-22)34-17-10-11-19(28-14-17)29-23(32)20-15(2)30(3)31(24(20)33)16-8-6-5-7-9-16/h5-14H,4H2,1-3H3,(H,26,27)(H,28,29,32). The molecule has 3 aromatic heterocycles. The summed E-state index contributed by atoms with van der Waals surface area (Å²) in [6.45, 7) is 4.33. The van der Waals surface area contributed by atoms with Crippen molar-refractivity contribution in [1.82, 2.24) is 19.3 Å². The van der Waals surface area contributed by atoms with Crippen LogP contribution in [0.3, 0.4) is 0 Å². The third kappa shape index (κ3) is 4.51. The molecule has 0 radical (unpaired) electrons. The number of nitrogens with one attached hydrogen (secondary N) is 2. The van der Waals surface area contributed by atoms with Gasteiger partial charge in [-0.3, -0.25) is 14.3 Å². The van der Waals surface area contributed by atoms with Crippen molar-refractivity contribution in [3.05, 3.63) is 87.6 Å². The molecule has 0 bridgehead atoms. The molecule has 0 unspecified atom stereocenters. The predicted molar refractivity (Wildman–Crippen MR) is 131 cm³/mol. The molecule has 4 rings (SSSR count). The molecule has 0 saturated carbocycles. The Hall–Kier alpha value is -4.11. The smallest absolute Gasteiger partial charge is 0.284 e. The molecule has 0 aliphatic carbocycles. The summed E-state index contributed by atoms with van der Waals surface area (Å²) in [7, 11) is 1.73. The van der Waals surface area contributed by atoms with Crippen LogP contribution in [0.4, 0.5) is 11.6 Å². The zero-order valence-corrected chi connectivity index (χ0v) is 19.6. The van der Waals surface area contributed by atoms with Crippen LogP contribution in [0.15, 0.2) is 65.7 Å². The molecule has 1 amide bonds. The number of anilines is 2. The minimum Gasteiger partial charge on any atom is -0.454 e. The van der Waals surface area contributed by atoms with Crippen LogP contribution in [0, 0.1) is 6.92 Å². The molecular weight excluding hydrogens is 456 g/mol. The van der Waals surface area contributed by atoms with Gasteiger partial charge < -0.3 is 15.4 Å². The summed E-state index contributed by atoms with van der Waals surface area (Å²) >= 11 is 6.33. The van der Waals surface area contributed by atoms with Gasteiger partial charge >= 0.3 is 0 Å². The van der Waals surface area contributed by atoms with Crippen LogP contribution in [-0.4, -0.2) is 31.8 Å². The quantitative estimate of drug-likeness (QED) is 0.408. The monoisotopic (exact) mass is 478 g/mol. The van der Waals surface area contributed by atoms with Crippen LogP contribution in [-0.2, 0) is 7.05 Å². The number of para-hydroxylation sites is 1. The number of hydrogen-bond acceptors (Lipinski definition) is 6. The number of nitrogens with zero attached hydrogens (tertiary/aromatic N) is 4. The van der Waals surface area contributed by atoms with Crippen LogP contribution in [0.2, 0.25) is 5.02 Å². The first kappa shape index (κ1) is 23.1. The molecule has 2 N–H and O–H groups in total. The Balaban J connectivity index is 1.52. The topological polar surface area (TPSA) is 103 Å². The van der Waals surface area contributed by atoms with Crippen molar-refractivity contribution in [3.63, 3.8) is 0 Å². The van der Waals surface area contributed by atoms with E-state index in [1.807, 2.05) is 25.1 Å². The molecule has 4 aromatic rings. The highest BCUT2D eigenvalue weighted by Gasteiger charge is 2.22. The van der Waals surface area contributed by atoms with Gasteiger partial charge in [0, 0.05) is 25.9 Å².